The van der Waals surface area contributed by atoms with Crippen molar-refractivity contribution in [1.82, 2.24) is 15.5 Å². The number of nitrogens with two attached hydrogens (primary N) is 1. The van der Waals surface area contributed by atoms with Crippen LogP contribution in [0.2, 0.25) is 0 Å². The smallest absolute Gasteiger partial charge is 0.255 e. The number of carbonyl (C=O) groups is 3. The molecule has 1 aromatic carbocycles. The number of hydrogen-bond acceptors (Lipinski definition) is 5. The molecule has 2 heterocycles. The second-order valence-corrected chi connectivity index (χ2v) is 8.69. The minimum atomic E-state index is -0.568. The molecule has 0 aromatic heterocycles. The van der Waals surface area contributed by atoms with Crippen molar-refractivity contribution in [3.8, 4) is 0 Å². The van der Waals surface area contributed by atoms with Gasteiger partial charge in [-0.05, 0) is 49.3 Å². The Bertz CT molecular complexity index is 859. The molecule has 142 valence electrons. The molecule has 6 rings (SSSR count). The minimum absolute atomic E-state index is 0.0319. The Morgan fingerprint density at radius 1 is 1.22 bits per heavy atom. The van der Waals surface area contributed by atoms with Gasteiger partial charge in [0.2, 0.25) is 11.8 Å². The maximum atomic E-state index is 12.9. The van der Waals surface area contributed by atoms with Crippen molar-refractivity contribution in [2.75, 3.05) is 0 Å². The van der Waals surface area contributed by atoms with E-state index in [2.05, 4.69) is 10.6 Å². The molecule has 4 N–H and O–H groups in total. The Morgan fingerprint density at radius 2 is 2.04 bits per heavy atom. The summed E-state index contributed by atoms with van der Waals surface area (Å²) in [4.78, 5) is 38.1. The van der Waals surface area contributed by atoms with E-state index in [0.29, 0.717) is 25.1 Å². The molecular weight excluding hydrogens is 344 g/mol. The fourth-order valence-corrected chi connectivity index (χ4v) is 5.45. The highest BCUT2D eigenvalue weighted by Crippen LogP contribution is 2.53. The zero-order chi connectivity index (χ0) is 18.8. The van der Waals surface area contributed by atoms with Crippen molar-refractivity contribution < 1.29 is 14.4 Å². The van der Waals surface area contributed by atoms with Gasteiger partial charge in [-0.1, -0.05) is 12.1 Å². The number of fused-ring (bicyclic) bond motifs is 2. The molecule has 7 heteroatoms. The van der Waals surface area contributed by atoms with Crippen molar-refractivity contribution in [3.05, 3.63) is 34.9 Å². The zero-order valence-corrected chi connectivity index (χ0v) is 15.2. The minimum Gasteiger partial charge on any atom is -0.325 e. The van der Waals surface area contributed by atoms with Crippen LogP contribution in [-0.2, 0) is 22.7 Å². The van der Waals surface area contributed by atoms with Crippen LogP contribution in [0, 0.1) is 0 Å². The monoisotopic (exact) mass is 368 g/mol. The lowest BCUT2D eigenvalue weighted by molar-refractivity contribution is -0.136. The van der Waals surface area contributed by atoms with Crippen molar-refractivity contribution in [1.29, 1.82) is 0 Å². The van der Waals surface area contributed by atoms with Gasteiger partial charge in [0.1, 0.15) is 6.04 Å². The summed E-state index contributed by atoms with van der Waals surface area (Å²) >= 11 is 0. The molecule has 1 unspecified atom stereocenters. The molecular formula is C20H24N4O3. The predicted molar refractivity (Wildman–Crippen MR) is 97.4 cm³/mol. The second-order valence-electron chi connectivity index (χ2n) is 8.69. The van der Waals surface area contributed by atoms with E-state index < -0.39 is 6.04 Å². The van der Waals surface area contributed by atoms with Crippen LogP contribution >= 0.6 is 0 Å². The number of imide groups is 1. The van der Waals surface area contributed by atoms with E-state index >= 15 is 0 Å². The normalized spacial score (nSPS) is 34.5. The topological polar surface area (TPSA) is 105 Å². The summed E-state index contributed by atoms with van der Waals surface area (Å²) in [6.07, 6.45) is 4.90. The van der Waals surface area contributed by atoms with Gasteiger partial charge in [-0.2, -0.15) is 0 Å². The van der Waals surface area contributed by atoms with Gasteiger partial charge < -0.3 is 16.0 Å². The van der Waals surface area contributed by atoms with E-state index in [-0.39, 0.29) is 35.2 Å². The Kier molecular flexibility index (Phi) is 3.52. The van der Waals surface area contributed by atoms with Crippen molar-refractivity contribution in [3.63, 3.8) is 0 Å². The molecule has 2 bridgehead atoms. The molecule has 7 nitrogen and oxygen atoms in total. The fourth-order valence-electron chi connectivity index (χ4n) is 5.45. The summed E-state index contributed by atoms with van der Waals surface area (Å²) in [6, 6.07) is 5.21. The Hall–Kier alpha value is -2.25. The molecule has 1 aromatic rings. The number of nitrogens with one attached hydrogen (secondary N) is 2. The number of rotatable bonds is 4. The zero-order valence-electron chi connectivity index (χ0n) is 15.2. The molecule has 0 spiro atoms. The molecule has 0 radical (unpaired) electrons. The lowest BCUT2D eigenvalue weighted by atomic mass is 9.72. The van der Waals surface area contributed by atoms with Crippen LogP contribution < -0.4 is 16.4 Å². The molecule has 5 aliphatic rings. The van der Waals surface area contributed by atoms with E-state index in [0.717, 1.165) is 36.8 Å². The lowest BCUT2D eigenvalue weighted by Crippen LogP contribution is -2.60. The summed E-state index contributed by atoms with van der Waals surface area (Å²) in [6.45, 7) is 1.13. The molecule has 3 saturated carbocycles. The largest absolute Gasteiger partial charge is 0.325 e. The molecule has 3 aliphatic carbocycles. The molecule has 1 saturated heterocycles. The van der Waals surface area contributed by atoms with E-state index in [1.807, 2.05) is 18.2 Å². The average molecular weight is 368 g/mol. The van der Waals surface area contributed by atoms with Crippen LogP contribution in [0.5, 0.6) is 0 Å². The number of benzene rings is 1. The van der Waals surface area contributed by atoms with Crippen LogP contribution in [0.25, 0.3) is 0 Å². The third-order valence-electron chi connectivity index (χ3n) is 6.82. The van der Waals surface area contributed by atoms with Gasteiger partial charge in [-0.3, -0.25) is 19.7 Å². The molecule has 3 amide bonds. The highest BCUT2D eigenvalue weighted by Gasteiger charge is 2.58. The van der Waals surface area contributed by atoms with Gasteiger partial charge in [0, 0.05) is 36.2 Å². The summed E-state index contributed by atoms with van der Waals surface area (Å²) in [5, 5.41) is 6.03. The number of amides is 3. The number of piperidine rings is 1. The van der Waals surface area contributed by atoms with E-state index in [9.17, 15) is 14.4 Å². The van der Waals surface area contributed by atoms with Crippen molar-refractivity contribution in [2.24, 2.45) is 5.73 Å². The molecule has 27 heavy (non-hydrogen) atoms. The summed E-state index contributed by atoms with van der Waals surface area (Å²) < 4.78 is 0. The summed E-state index contributed by atoms with van der Waals surface area (Å²) in [5.41, 5.74) is 9.23. The predicted octanol–water partition coefficient (Wildman–Crippen LogP) is 0.561. The van der Waals surface area contributed by atoms with E-state index in [1.165, 1.54) is 0 Å². The third kappa shape index (κ3) is 2.60. The summed E-state index contributed by atoms with van der Waals surface area (Å²) in [5.74, 6) is -0.756. The average Bonchev–Trinajstić information content (AvgIpc) is 3.23. The first-order valence-corrected chi connectivity index (χ1v) is 9.68. The van der Waals surface area contributed by atoms with Crippen LogP contribution in [0.15, 0.2) is 18.2 Å². The Balaban J connectivity index is 1.33. The van der Waals surface area contributed by atoms with E-state index in [4.69, 9.17) is 5.73 Å². The standard InChI is InChI=1S/C20H24N4O3/c21-19-6-7-20(10-19,11-19)22-8-12-2-1-3-13-14(12)9-24(18(13)27)15-4-5-16(25)23-17(15)26/h1-3,15,22H,4-11,21H2,(H,23,25,26). The van der Waals surface area contributed by atoms with Crippen molar-refractivity contribution >= 4 is 17.7 Å². The SMILES string of the molecule is NC12CCC(NCc3cccc4c3CN(C3CCC(=O)NC3=O)C4=O)(C1)C2. The maximum Gasteiger partial charge on any atom is 0.255 e. The first kappa shape index (κ1) is 16.9. The highest BCUT2D eigenvalue weighted by atomic mass is 16.2. The van der Waals surface area contributed by atoms with Crippen LogP contribution in [-0.4, -0.2) is 39.7 Å². The van der Waals surface area contributed by atoms with Gasteiger partial charge in [0.25, 0.3) is 5.91 Å². The van der Waals surface area contributed by atoms with Crippen LogP contribution in [0.3, 0.4) is 0 Å². The molecule has 2 aliphatic heterocycles. The molecule has 1 atom stereocenters. The summed E-state index contributed by atoms with van der Waals surface area (Å²) in [7, 11) is 0. The van der Waals surface area contributed by atoms with Gasteiger partial charge in [0.05, 0.1) is 0 Å². The van der Waals surface area contributed by atoms with Gasteiger partial charge >= 0.3 is 0 Å². The quantitative estimate of drug-likeness (QED) is 0.674. The fraction of sp³-hybridized carbons (Fsp3) is 0.550. The number of carbonyl (C=O) groups excluding carboxylic acids is 3. The first-order valence-electron chi connectivity index (χ1n) is 9.68. The number of hydrogen-bond donors (Lipinski definition) is 3. The lowest BCUT2D eigenvalue weighted by Gasteiger charge is -2.46. The Labute approximate surface area is 157 Å². The van der Waals surface area contributed by atoms with Gasteiger partial charge in [-0.15, -0.1) is 0 Å². The first-order chi connectivity index (χ1) is 12.9. The number of nitrogens with zero attached hydrogens (tertiary/aromatic N) is 1. The van der Waals surface area contributed by atoms with Crippen LogP contribution in [0.1, 0.15) is 60.0 Å². The van der Waals surface area contributed by atoms with Gasteiger partial charge in [0.15, 0.2) is 0 Å². The molecule has 4 fully saturated rings. The van der Waals surface area contributed by atoms with Crippen LogP contribution in [0.4, 0.5) is 0 Å². The third-order valence-corrected chi connectivity index (χ3v) is 6.82. The highest BCUT2D eigenvalue weighted by molar-refractivity contribution is 6.05. The van der Waals surface area contributed by atoms with Crippen molar-refractivity contribution in [2.45, 2.75) is 68.7 Å². The van der Waals surface area contributed by atoms with E-state index in [1.54, 1.807) is 4.90 Å². The maximum absolute atomic E-state index is 12.9. The second kappa shape index (κ2) is 5.62. The Morgan fingerprint density at radius 3 is 2.74 bits per heavy atom. The van der Waals surface area contributed by atoms with Gasteiger partial charge in [-0.25, -0.2) is 0 Å².